The zero-order valence-electron chi connectivity index (χ0n) is 11.0. The maximum atomic E-state index is 12.1. The molecule has 0 aliphatic carbocycles. The molecule has 1 saturated heterocycles. The van der Waals surface area contributed by atoms with Gasteiger partial charge in [0, 0.05) is 20.2 Å². The van der Waals surface area contributed by atoms with Crippen molar-refractivity contribution in [3.8, 4) is 0 Å². The van der Waals surface area contributed by atoms with E-state index in [1.54, 1.807) is 0 Å². The number of rotatable bonds is 6. The number of aliphatic hydroxyl groups is 1. The van der Waals surface area contributed by atoms with Gasteiger partial charge in [-0.3, -0.25) is 4.79 Å². The summed E-state index contributed by atoms with van der Waals surface area (Å²) in [7, 11) is 1.88. The monoisotopic (exact) mass is 242 g/mol. The van der Waals surface area contributed by atoms with E-state index in [9.17, 15) is 4.79 Å². The van der Waals surface area contributed by atoms with Crippen LogP contribution >= 0.6 is 0 Å². The highest BCUT2D eigenvalue weighted by Crippen LogP contribution is 2.10. The molecule has 0 radical (unpaired) electrons. The van der Waals surface area contributed by atoms with Crippen molar-refractivity contribution in [2.45, 2.75) is 51.0 Å². The molecule has 1 aliphatic rings. The van der Waals surface area contributed by atoms with Crippen LogP contribution < -0.4 is 5.32 Å². The smallest absolute Gasteiger partial charge is 0.239 e. The molecule has 0 bridgehead atoms. The number of carbonyl (C=O) groups excluding carboxylic acids is 1. The average Bonchev–Trinajstić information content (AvgIpc) is 2.62. The highest BCUT2D eigenvalue weighted by atomic mass is 16.2. The summed E-state index contributed by atoms with van der Waals surface area (Å²) in [5.41, 5.74) is 0. The third kappa shape index (κ3) is 5.50. The minimum Gasteiger partial charge on any atom is -0.396 e. The molecule has 1 heterocycles. The van der Waals surface area contributed by atoms with Crippen molar-refractivity contribution in [2.75, 3.05) is 26.7 Å². The molecular weight excluding hydrogens is 216 g/mol. The maximum absolute atomic E-state index is 12.1. The molecule has 1 aliphatic heterocycles. The number of likely N-dealkylation sites (N-methyl/N-ethyl adjacent to an activating group) is 1. The van der Waals surface area contributed by atoms with Crippen LogP contribution in [0.4, 0.5) is 0 Å². The summed E-state index contributed by atoms with van der Waals surface area (Å²) in [5, 5.41) is 12.0. The molecule has 1 rings (SSSR count). The second-order valence-electron chi connectivity index (χ2n) is 4.90. The minimum atomic E-state index is 0.0281. The van der Waals surface area contributed by atoms with E-state index in [2.05, 4.69) is 5.32 Å². The first kappa shape index (κ1) is 14.5. The number of hydrogen-bond acceptors (Lipinski definition) is 3. The Morgan fingerprint density at radius 2 is 2.12 bits per heavy atom. The number of amides is 1. The molecule has 0 aromatic rings. The van der Waals surface area contributed by atoms with E-state index in [4.69, 9.17) is 5.11 Å². The van der Waals surface area contributed by atoms with Crippen molar-refractivity contribution < 1.29 is 9.90 Å². The van der Waals surface area contributed by atoms with E-state index in [-0.39, 0.29) is 18.6 Å². The van der Waals surface area contributed by atoms with Gasteiger partial charge in [0.15, 0.2) is 0 Å². The molecular formula is C13H26N2O2. The lowest BCUT2D eigenvalue weighted by Gasteiger charge is -2.23. The summed E-state index contributed by atoms with van der Waals surface area (Å²) >= 11 is 0. The van der Waals surface area contributed by atoms with Gasteiger partial charge in [-0.15, -0.1) is 0 Å². The molecule has 1 atom stereocenters. The SMILES string of the molecule is CN(CCCCCO)C(=O)C1CCCCCN1. The summed E-state index contributed by atoms with van der Waals surface area (Å²) in [6, 6.07) is 0.0281. The molecule has 4 heteroatoms. The van der Waals surface area contributed by atoms with Crippen molar-refractivity contribution >= 4 is 5.91 Å². The molecule has 0 saturated carbocycles. The van der Waals surface area contributed by atoms with Gasteiger partial charge in [-0.05, 0) is 38.6 Å². The number of aliphatic hydroxyl groups excluding tert-OH is 1. The van der Waals surface area contributed by atoms with E-state index in [0.717, 1.165) is 45.2 Å². The minimum absolute atomic E-state index is 0.0281. The van der Waals surface area contributed by atoms with Gasteiger partial charge >= 0.3 is 0 Å². The van der Waals surface area contributed by atoms with Crippen molar-refractivity contribution in [3.63, 3.8) is 0 Å². The molecule has 4 nitrogen and oxygen atoms in total. The van der Waals surface area contributed by atoms with Gasteiger partial charge in [0.25, 0.3) is 0 Å². The van der Waals surface area contributed by atoms with Crippen LogP contribution in [-0.4, -0.2) is 48.7 Å². The topological polar surface area (TPSA) is 52.6 Å². The molecule has 0 aromatic heterocycles. The molecule has 100 valence electrons. The second kappa shape index (κ2) is 8.48. The fraction of sp³-hybridized carbons (Fsp3) is 0.923. The predicted octanol–water partition coefficient (Wildman–Crippen LogP) is 1.14. The van der Waals surface area contributed by atoms with Gasteiger partial charge in [-0.25, -0.2) is 0 Å². The summed E-state index contributed by atoms with van der Waals surface area (Å²) in [5.74, 6) is 0.232. The lowest BCUT2D eigenvalue weighted by atomic mass is 10.1. The highest BCUT2D eigenvalue weighted by molar-refractivity contribution is 5.81. The summed E-state index contributed by atoms with van der Waals surface area (Å²) in [6.45, 7) is 2.02. The Labute approximate surface area is 104 Å². The second-order valence-corrected chi connectivity index (χ2v) is 4.90. The largest absolute Gasteiger partial charge is 0.396 e. The van der Waals surface area contributed by atoms with E-state index < -0.39 is 0 Å². The Bertz CT molecular complexity index is 213. The molecule has 0 spiro atoms. The summed E-state index contributed by atoms with van der Waals surface area (Å²) < 4.78 is 0. The Morgan fingerprint density at radius 1 is 1.29 bits per heavy atom. The zero-order chi connectivity index (χ0) is 12.5. The van der Waals surface area contributed by atoms with Crippen molar-refractivity contribution in [2.24, 2.45) is 0 Å². The first-order valence-electron chi connectivity index (χ1n) is 6.85. The van der Waals surface area contributed by atoms with E-state index in [1.807, 2.05) is 11.9 Å². The number of nitrogens with one attached hydrogen (secondary N) is 1. The lowest BCUT2D eigenvalue weighted by Crippen LogP contribution is -2.44. The fourth-order valence-corrected chi connectivity index (χ4v) is 2.25. The van der Waals surface area contributed by atoms with Gasteiger partial charge in [0.2, 0.25) is 5.91 Å². The Hall–Kier alpha value is -0.610. The van der Waals surface area contributed by atoms with Crippen molar-refractivity contribution in [1.29, 1.82) is 0 Å². The summed E-state index contributed by atoms with van der Waals surface area (Å²) in [6.07, 6.45) is 7.36. The normalized spacial score (nSPS) is 20.9. The average molecular weight is 242 g/mol. The Balaban J connectivity index is 2.24. The third-order valence-corrected chi connectivity index (χ3v) is 3.39. The zero-order valence-corrected chi connectivity index (χ0v) is 11.0. The van der Waals surface area contributed by atoms with Crippen LogP contribution in [0, 0.1) is 0 Å². The summed E-state index contributed by atoms with van der Waals surface area (Å²) in [4.78, 5) is 14.0. The van der Waals surface area contributed by atoms with Crippen LogP contribution in [0.1, 0.15) is 44.9 Å². The van der Waals surface area contributed by atoms with Gasteiger partial charge < -0.3 is 15.3 Å². The van der Waals surface area contributed by atoms with E-state index in [0.29, 0.717) is 0 Å². The van der Waals surface area contributed by atoms with Gasteiger partial charge in [-0.2, -0.15) is 0 Å². The standard InChI is InChI=1S/C13H26N2O2/c1-15(10-6-3-7-11-16)13(17)12-8-4-2-5-9-14-12/h12,14,16H,2-11H2,1H3. The van der Waals surface area contributed by atoms with Gasteiger partial charge in [0.1, 0.15) is 0 Å². The number of carbonyl (C=O) groups is 1. The molecule has 2 N–H and O–H groups in total. The van der Waals surface area contributed by atoms with Crippen LogP contribution in [0.15, 0.2) is 0 Å². The van der Waals surface area contributed by atoms with Crippen LogP contribution in [-0.2, 0) is 4.79 Å². The van der Waals surface area contributed by atoms with Crippen LogP contribution in [0.25, 0.3) is 0 Å². The fourth-order valence-electron chi connectivity index (χ4n) is 2.25. The Morgan fingerprint density at radius 3 is 2.88 bits per heavy atom. The van der Waals surface area contributed by atoms with Crippen LogP contribution in [0.5, 0.6) is 0 Å². The Kier molecular flexibility index (Phi) is 7.21. The van der Waals surface area contributed by atoms with Crippen molar-refractivity contribution in [1.82, 2.24) is 10.2 Å². The first-order valence-corrected chi connectivity index (χ1v) is 6.85. The van der Waals surface area contributed by atoms with Crippen molar-refractivity contribution in [3.05, 3.63) is 0 Å². The maximum Gasteiger partial charge on any atom is 0.239 e. The highest BCUT2D eigenvalue weighted by Gasteiger charge is 2.22. The molecule has 0 aromatic carbocycles. The molecule has 1 unspecified atom stereocenters. The quantitative estimate of drug-likeness (QED) is 0.687. The molecule has 1 amide bonds. The lowest BCUT2D eigenvalue weighted by molar-refractivity contribution is -0.132. The molecule has 1 fully saturated rings. The van der Waals surface area contributed by atoms with Crippen LogP contribution in [0.3, 0.4) is 0 Å². The van der Waals surface area contributed by atoms with E-state index >= 15 is 0 Å². The predicted molar refractivity (Wildman–Crippen MR) is 68.8 cm³/mol. The van der Waals surface area contributed by atoms with Gasteiger partial charge in [-0.1, -0.05) is 12.8 Å². The number of unbranched alkanes of at least 4 members (excludes halogenated alkanes) is 2. The first-order chi connectivity index (χ1) is 8.25. The van der Waals surface area contributed by atoms with Crippen LogP contribution in [0.2, 0.25) is 0 Å². The van der Waals surface area contributed by atoms with Gasteiger partial charge in [0.05, 0.1) is 6.04 Å². The number of hydrogen-bond donors (Lipinski definition) is 2. The molecule has 17 heavy (non-hydrogen) atoms. The number of nitrogens with zero attached hydrogens (tertiary/aromatic N) is 1. The third-order valence-electron chi connectivity index (χ3n) is 3.39. The van der Waals surface area contributed by atoms with E-state index in [1.165, 1.54) is 12.8 Å².